The molecule has 8 heteroatoms. The van der Waals surface area contributed by atoms with Gasteiger partial charge in [-0.05, 0) is 31.2 Å². The minimum absolute atomic E-state index is 0.255. The van der Waals surface area contributed by atoms with Crippen molar-refractivity contribution in [2.75, 3.05) is 19.7 Å². The number of unbranched alkanes of at least 4 members (excludes halogenated alkanes) is 2. The van der Waals surface area contributed by atoms with Crippen molar-refractivity contribution in [3.05, 3.63) is 48.6 Å². The first-order valence-corrected chi connectivity index (χ1v) is 12.7. The van der Waals surface area contributed by atoms with Crippen LogP contribution in [0.2, 0.25) is 0 Å². The Bertz CT molecular complexity index is 952. The van der Waals surface area contributed by atoms with Gasteiger partial charge in [-0.15, -0.1) is 6.58 Å². The van der Waals surface area contributed by atoms with Crippen molar-refractivity contribution in [3.8, 4) is 0 Å². The molecule has 3 saturated heterocycles. The number of amides is 2. The van der Waals surface area contributed by atoms with Gasteiger partial charge in [-0.2, -0.15) is 0 Å². The topological polar surface area (TPSA) is 107 Å². The Morgan fingerprint density at radius 2 is 2.06 bits per heavy atom. The number of carboxylic acid groups (broad SMARTS) is 1. The molecule has 1 spiro atoms. The number of fused-ring (bicyclic) bond motifs is 1. The molecule has 3 fully saturated rings. The van der Waals surface area contributed by atoms with Gasteiger partial charge in [0.1, 0.15) is 11.6 Å². The normalized spacial score (nSPS) is 29.8. The summed E-state index contributed by atoms with van der Waals surface area (Å²) in [6.07, 6.45) is 5.19. The first kappa shape index (κ1) is 25.4. The summed E-state index contributed by atoms with van der Waals surface area (Å²) in [7, 11) is 0. The smallest absolute Gasteiger partial charge is 0.310 e. The number of carboxylic acids is 1. The Morgan fingerprint density at radius 1 is 1.31 bits per heavy atom. The number of hydrogen-bond acceptors (Lipinski definition) is 5. The van der Waals surface area contributed by atoms with Crippen LogP contribution >= 0.6 is 0 Å². The number of ether oxygens (including phenoxy) is 1. The summed E-state index contributed by atoms with van der Waals surface area (Å²) in [6.45, 7) is 6.40. The van der Waals surface area contributed by atoms with Crippen LogP contribution in [0.3, 0.4) is 0 Å². The summed E-state index contributed by atoms with van der Waals surface area (Å²) < 4.78 is 6.29. The van der Waals surface area contributed by atoms with Gasteiger partial charge in [0.15, 0.2) is 0 Å². The van der Waals surface area contributed by atoms with Crippen LogP contribution in [-0.2, 0) is 25.5 Å². The van der Waals surface area contributed by atoms with Gasteiger partial charge < -0.3 is 24.7 Å². The molecule has 0 saturated carbocycles. The third-order valence-electron chi connectivity index (χ3n) is 7.87. The second-order valence-corrected chi connectivity index (χ2v) is 9.95. The molecule has 35 heavy (non-hydrogen) atoms. The summed E-state index contributed by atoms with van der Waals surface area (Å²) in [5.41, 5.74) is -0.262. The summed E-state index contributed by atoms with van der Waals surface area (Å²) in [6, 6.07) is 7.84. The van der Waals surface area contributed by atoms with Crippen molar-refractivity contribution in [2.45, 2.75) is 69.2 Å². The number of rotatable bonds is 12. The quantitative estimate of drug-likeness (QED) is 0.348. The number of carbonyl (C=O) groups excluding carboxylic acids is 2. The van der Waals surface area contributed by atoms with E-state index in [2.05, 4.69) is 13.5 Å². The average molecular weight is 485 g/mol. The number of benzene rings is 1. The van der Waals surface area contributed by atoms with E-state index >= 15 is 0 Å². The second kappa shape index (κ2) is 10.5. The fourth-order valence-corrected chi connectivity index (χ4v) is 6.36. The molecule has 2 unspecified atom stereocenters. The molecule has 2 N–H and O–H groups in total. The summed E-state index contributed by atoms with van der Waals surface area (Å²) in [4.78, 5) is 43.4. The van der Waals surface area contributed by atoms with E-state index in [4.69, 9.17) is 4.74 Å². The van der Waals surface area contributed by atoms with Crippen LogP contribution in [-0.4, -0.2) is 81.3 Å². The van der Waals surface area contributed by atoms with Crippen LogP contribution < -0.4 is 0 Å². The molecule has 1 aromatic carbocycles. The highest BCUT2D eigenvalue weighted by Gasteiger charge is 2.75. The number of aliphatic hydroxyl groups excluding tert-OH is 1. The molecule has 190 valence electrons. The van der Waals surface area contributed by atoms with Gasteiger partial charge >= 0.3 is 5.97 Å². The Hall–Kier alpha value is -2.71. The van der Waals surface area contributed by atoms with E-state index < -0.39 is 47.5 Å². The van der Waals surface area contributed by atoms with Gasteiger partial charge in [0.05, 0.1) is 30.6 Å². The first-order chi connectivity index (χ1) is 16.9. The Labute approximate surface area is 206 Å². The number of aliphatic carboxylic acids is 1. The molecular formula is C27H36N2O6. The van der Waals surface area contributed by atoms with Crippen molar-refractivity contribution in [3.63, 3.8) is 0 Å². The van der Waals surface area contributed by atoms with E-state index in [0.29, 0.717) is 32.4 Å². The van der Waals surface area contributed by atoms with Crippen LogP contribution in [0.15, 0.2) is 43.0 Å². The maximum atomic E-state index is 14.1. The highest BCUT2D eigenvalue weighted by molar-refractivity contribution is 5.98. The Morgan fingerprint density at radius 3 is 2.69 bits per heavy atom. The lowest BCUT2D eigenvalue weighted by molar-refractivity contribution is -0.153. The van der Waals surface area contributed by atoms with E-state index in [1.807, 2.05) is 30.3 Å². The van der Waals surface area contributed by atoms with Crippen LogP contribution in [0.1, 0.15) is 44.6 Å². The van der Waals surface area contributed by atoms with Crippen LogP contribution in [0, 0.1) is 11.8 Å². The van der Waals surface area contributed by atoms with Crippen LogP contribution in [0.5, 0.6) is 0 Å². The number of nitrogens with zero attached hydrogens (tertiary/aromatic N) is 2. The van der Waals surface area contributed by atoms with Crippen molar-refractivity contribution in [2.24, 2.45) is 11.8 Å². The summed E-state index contributed by atoms with van der Waals surface area (Å²) in [5.74, 6) is -3.65. The predicted molar refractivity (Wildman–Crippen MR) is 129 cm³/mol. The third kappa shape index (κ3) is 4.38. The average Bonchev–Trinajstić information content (AvgIpc) is 3.50. The lowest BCUT2D eigenvalue weighted by Crippen LogP contribution is -2.59. The molecule has 1 aromatic rings. The van der Waals surface area contributed by atoms with Crippen LogP contribution in [0.25, 0.3) is 0 Å². The molecule has 3 heterocycles. The van der Waals surface area contributed by atoms with E-state index in [0.717, 1.165) is 24.8 Å². The van der Waals surface area contributed by atoms with Gasteiger partial charge in [0.2, 0.25) is 11.8 Å². The number of carbonyl (C=O) groups is 3. The first-order valence-electron chi connectivity index (χ1n) is 12.7. The molecule has 2 bridgehead atoms. The molecule has 3 aliphatic rings. The Balaban J connectivity index is 1.74. The van der Waals surface area contributed by atoms with E-state index in [1.165, 1.54) is 4.90 Å². The minimum Gasteiger partial charge on any atom is -0.481 e. The van der Waals surface area contributed by atoms with E-state index in [1.54, 1.807) is 11.0 Å². The summed E-state index contributed by atoms with van der Waals surface area (Å²) >= 11 is 0. The lowest BCUT2D eigenvalue weighted by Gasteiger charge is -2.39. The fraction of sp³-hybridized carbons (Fsp3) is 0.593. The number of hydrogen-bond donors (Lipinski definition) is 2. The fourth-order valence-electron chi connectivity index (χ4n) is 6.36. The monoisotopic (exact) mass is 484 g/mol. The molecule has 0 radical (unpaired) electrons. The molecule has 0 aliphatic carbocycles. The van der Waals surface area contributed by atoms with Gasteiger partial charge in [-0.3, -0.25) is 14.4 Å². The zero-order valence-corrected chi connectivity index (χ0v) is 20.3. The maximum absolute atomic E-state index is 14.1. The highest BCUT2D eigenvalue weighted by Crippen LogP contribution is 2.59. The number of likely N-dealkylation sites (tertiary alicyclic amines) is 1. The largest absolute Gasteiger partial charge is 0.481 e. The molecule has 4 rings (SSSR count). The number of aliphatic hydroxyl groups is 1. The van der Waals surface area contributed by atoms with Gasteiger partial charge in [0.25, 0.3) is 0 Å². The molecule has 8 nitrogen and oxygen atoms in total. The third-order valence-corrected chi connectivity index (χ3v) is 7.87. The molecule has 6 atom stereocenters. The summed E-state index contributed by atoms with van der Waals surface area (Å²) in [5, 5.41) is 20.4. The lowest BCUT2D eigenvalue weighted by atomic mass is 9.70. The molecule has 3 aliphatic heterocycles. The zero-order valence-electron chi connectivity index (χ0n) is 20.3. The molecule has 2 amide bonds. The van der Waals surface area contributed by atoms with Crippen molar-refractivity contribution < 1.29 is 29.3 Å². The van der Waals surface area contributed by atoms with Crippen molar-refractivity contribution in [1.82, 2.24) is 9.80 Å². The van der Waals surface area contributed by atoms with E-state index in [-0.39, 0.29) is 12.5 Å². The van der Waals surface area contributed by atoms with Gasteiger partial charge in [-0.25, -0.2) is 0 Å². The van der Waals surface area contributed by atoms with Crippen molar-refractivity contribution >= 4 is 17.8 Å². The second-order valence-electron chi connectivity index (χ2n) is 9.95. The Kier molecular flexibility index (Phi) is 7.62. The zero-order chi connectivity index (χ0) is 25.2. The highest BCUT2D eigenvalue weighted by atomic mass is 16.5. The minimum atomic E-state index is -1.18. The standard InChI is InChI=1S/C27H36N2O6/c1-3-5-9-15-28(14-4-2)25(32)23-27-13-12-20(35-27)21(26(33)34)22(27)24(31)29(23)19(17-30)16-18-10-7-6-8-11-18/h4,6-8,10-11,19-23,30H,2-3,5,9,12-17H2,1H3,(H,33,34)/t19-,20-,21+,22+,23?,27?/m1/s1. The van der Waals surface area contributed by atoms with Gasteiger partial charge in [0, 0.05) is 13.1 Å². The van der Waals surface area contributed by atoms with Crippen molar-refractivity contribution in [1.29, 1.82) is 0 Å². The van der Waals surface area contributed by atoms with Gasteiger partial charge in [-0.1, -0.05) is 56.2 Å². The van der Waals surface area contributed by atoms with Crippen LogP contribution in [0.4, 0.5) is 0 Å². The van der Waals surface area contributed by atoms with E-state index in [9.17, 15) is 24.6 Å². The SMILES string of the molecule is C=CCN(CCCCC)C(=O)C1N([C@@H](CO)Cc2ccccc2)C(=O)[C@@H]2[C@@H](C(=O)O)[C@H]3CCC12O3. The predicted octanol–water partition coefficient (Wildman–Crippen LogP) is 2.25. The maximum Gasteiger partial charge on any atom is 0.310 e. The molecular weight excluding hydrogens is 448 g/mol. The molecule has 0 aromatic heterocycles.